The van der Waals surface area contributed by atoms with E-state index in [1.165, 1.54) is 4.88 Å². The number of nitrogens with one attached hydrogen (secondary N) is 1. The molecule has 2 rings (SSSR count). The number of thiocarbonyl (C=S) groups is 1. The van der Waals surface area contributed by atoms with E-state index in [4.69, 9.17) is 29.6 Å². The molecular weight excluding hydrogens is 310 g/mol. The number of anilines is 1. The van der Waals surface area contributed by atoms with Crippen molar-refractivity contribution < 1.29 is 0 Å². The molecular formula is C14H16ClN3S2. The Morgan fingerprint density at radius 1 is 1.55 bits per heavy atom. The van der Waals surface area contributed by atoms with Crippen molar-refractivity contribution in [1.29, 1.82) is 0 Å². The molecule has 6 heteroatoms. The highest BCUT2D eigenvalue weighted by Crippen LogP contribution is 2.26. The highest BCUT2D eigenvalue weighted by molar-refractivity contribution is 7.80. The van der Waals surface area contributed by atoms with Gasteiger partial charge in [0.25, 0.3) is 0 Å². The van der Waals surface area contributed by atoms with E-state index in [9.17, 15) is 0 Å². The minimum Gasteiger partial charge on any atom is -0.389 e. The molecule has 1 unspecified atom stereocenters. The van der Waals surface area contributed by atoms with Gasteiger partial charge in [-0.3, -0.25) is 0 Å². The fraction of sp³-hybridized carbons (Fsp3) is 0.286. The molecule has 0 bridgehead atoms. The van der Waals surface area contributed by atoms with Gasteiger partial charge in [-0.2, -0.15) is 0 Å². The molecule has 0 aliphatic rings. The summed E-state index contributed by atoms with van der Waals surface area (Å²) in [4.78, 5) is 6.03. The first-order chi connectivity index (χ1) is 9.51. The minimum absolute atomic E-state index is 0.132. The largest absolute Gasteiger partial charge is 0.389 e. The van der Waals surface area contributed by atoms with Crippen LogP contribution in [0.25, 0.3) is 0 Å². The lowest BCUT2D eigenvalue weighted by Crippen LogP contribution is -2.11. The number of hydrogen-bond acceptors (Lipinski definition) is 4. The van der Waals surface area contributed by atoms with Crippen LogP contribution in [0.1, 0.15) is 35.3 Å². The Kier molecular flexibility index (Phi) is 4.96. The first-order valence-corrected chi connectivity index (χ1v) is 7.92. The molecule has 0 aliphatic heterocycles. The topological polar surface area (TPSA) is 50.9 Å². The van der Waals surface area contributed by atoms with Crippen LogP contribution in [-0.2, 0) is 6.42 Å². The number of thiazole rings is 1. The van der Waals surface area contributed by atoms with Gasteiger partial charge in [-0.15, -0.1) is 11.3 Å². The number of aromatic nitrogens is 1. The molecule has 1 aromatic heterocycles. The molecule has 0 saturated heterocycles. The molecule has 3 N–H and O–H groups in total. The van der Waals surface area contributed by atoms with Crippen molar-refractivity contribution in [2.24, 2.45) is 5.73 Å². The van der Waals surface area contributed by atoms with Crippen LogP contribution >= 0.6 is 35.2 Å². The van der Waals surface area contributed by atoms with Crippen LogP contribution in [0.2, 0.25) is 5.02 Å². The van der Waals surface area contributed by atoms with Gasteiger partial charge in [0.15, 0.2) is 0 Å². The normalized spacial score (nSPS) is 12.2. The van der Waals surface area contributed by atoms with Gasteiger partial charge in [-0.05, 0) is 31.5 Å². The predicted octanol–water partition coefficient (Wildman–Crippen LogP) is 4.17. The van der Waals surface area contributed by atoms with Gasteiger partial charge >= 0.3 is 0 Å². The average molecular weight is 326 g/mol. The molecule has 0 saturated carbocycles. The highest BCUT2D eigenvalue weighted by Gasteiger charge is 2.11. The molecule has 0 radical (unpaired) electrons. The predicted molar refractivity (Wildman–Crippen MR) is 90.9 cm³/mol. The van der Waals surface area contributed by atoms with Crippen molar-refractivity contribution in [2.45, 2.75) is 26.3 Å². The number of hydrogen-bond donors (Lipinski definition) is 2. The summed E-state index contributed by atoms with van der Waals surface area (Å²) in [6.45, 7) is 4.21. The Hall–Kier alpha value is -1.17. The van der Waals surface area contributed by atoms with Gasteiger partial charge in [0, 0.05) is 22.3 Å². The van der Waals surface area contributed by atoms with E-state index >= 15 is 0 Å². The zero-order valence-electron chi connectivity index (χ0n) is 11.3. The van der Waals surface area contributed by atoms with Crippen LogP contribution < -0.4 is 11.1 Å². The zero-order chi connectivity index (χ0) is 14.7. The second-order valence-electron chi connectivity index (χ2n) is 4.44. The lowest BCUT2D eigenvalue weighted by Gasteiger charge is -2.14. The quantitative estimate of drug-likeness (QED) is 0.810. The number of rotatable bonds is 5. The van der Waals surface area contributed by atoms with Gasteiger partial charge in [-0.1, -0.05) is 30.7 Å². The highest BCUT2D eigenvalue weighted by atomic mass is 35.5. The zero-order valence-corrected chi connectivity index (χ0v) is 13.7. The Morgan fingerprint density at radius 2 is 2.30 bits per heavy atom. The average Bonchev–Trinajstić information content (AvgIpc) is 2.87. The molecule has 3 nitrogen and oxygen atoms in total. The Balaban J connectivity index is 2.13. The SMILES string of the molecule is CCc1cnc(C(C)Nc2ccc(C(N)=S)c(Cl)c2)s1. The van der Waals surface area contributed by atoms with Gasteiger partial charge in [0.1, 0.15) is 10.00 Å². The maximum Gasteiger partial charge on any atom is 0.115 e. The van der Waals surface area contributed by atoms with Crippen LogP contribution in [0, 0.1) is 0 Å². The number of aryl methyl sites for hydroxylation is 1. The summed E-state index contributed by atoms with van der Waals surface area (Å²) in [5.74, 6) is 0. The first-order valence-electron chi connectivity index (χ1n) is 6.31. The second kappa shape index (κ2) is 6.52. The first kappa shape index (κ1) is 15.2. The van der Waals surface area contributed by atoms with Crippen LogP contribution in [0.15, 0.2) is 24.4 Å². The maximum atomic E-state index is 6.16. The van der Waals surface area contributed by atoms with E-state index in [1.54, 1.807) is 11.3 Å². The van der Waals surface area contributed by atoms with Crippen molar-refractivity contribution >= 4 is 45.8 Å². The summed E-state index contributed by atoms with van der Waals surface area (Å²) in [7, 11) is 0. The van der Waals surface area contributed by atoms with Gasteiger partial charge in [0.05, 0.1) is 11.1 Å². The van der Waals surface area contributed by atoms with E-state index < -0.39 is 0 Å². The fourth-order valence-corrected chi connectivity index (χ4v) is 3.18. The Bertz CT molecular complexity index is 625. The van der Waals surface area contributed by atoms with Crippen LogP contribution in [0.4, 0.5) is 5.69 Å². The van der Waals surface area contributed by atoms with E-state index in [0.29, 0.717) is 15.6 Å². The summed E-state index contributed by atoms with van der Waals surface area (Å²) >= 11 is 12.8. The van der Waals surface area contributed by atoms with Gasteiger partial charge in [-0.25, -0.2) is 4.98 Å². The van der Waals surface area contributed by atoms with Crippen LogP contribution in [0.5, 0.6) is 0 Å². The molecule has 2 aromatic rings. The van der Waals surface area contributed by atoms with Crippen LogP contribution in [-0.4, -0.2) is 9.97 Å². The summed E-state index contributed by atoms with van der Waals surface area (Å²) in [6.07, 6.45) is 2.94. The number of benzene rings is 1. The molecule has 1 heterocycles. The monoisotopic (exact) mass is 325 g/mol. The van der Waals surface area contributed by atoms with Gasteiger partial charge < -0.3 is 11.1 Å². The molecule has 0 amide bonds. The van der Waals surface area contributed by atoms with E-state index in [2.05, 4.69) is 24.1 Å². The number of halogens is 1. The van der Waals surface area contributed by atoms with Crippen molar-refractivity contribution in [3.63, 3.8) is 0 Å². The molecule has 0 fully saturated rings. The van der Waals surface area contributed by atoms with E-state index in [0.717, 1.165) is 17.1 Å². The van der Waals surface area contributed by atoms with Crippen molar-refractivity contribution in [2.75, 3.05) is 5.32 Å². The van der Waals surface area contributed by atoms with Crippen molar-refractivity contribution in [1.82, 2.24) is 4.98 Å². The molecule has 0 spiro atoms. The summed E-state index contributed by atoms with van der Waals surface area (Å²) in [6, 6.07) is 5.72. The Morgan fingerprint density at radius 3 is 2.85 bits per heavy atom. The third-order valence-corrected chi connectivity index (χ3v) is 4.77. The Labute approximate surface area is 133 Å². The molecule has 20 heavy (non-hydrogen) atoms. The third kappa shape index (κ3) is 3.48. The van der Waals surface area contributed by atoms with Crippen molar-refractivity contribution in [3.8, 4) is 0 Å². The third-order valence-electron chi connectivity index (χ3n) is 2.91. The van der Waals surface area contributed by atoms with E-state index in [-0.39, 0.29) is 6.04 Å². The summed E-state index contributed by atoms with van der Waals surface area (Å²) < 4.78 is 0. The number of nitrogens with zero attached hydrogens (tertiary/aromatic N) is 1. The van der Waals surface area contributed by atoms with E-state index in [1.807, 2.05) is 24.4 Å². The maximum absolute atomic E-state index is 6.16. The standard InChI is InChI=1S/C14H16ClN3S2/c1-3-10-7-17-14(20-10)8(2)18-9-4-5-11(13(16)19)12(15)6-9/h4-8,18H,3H2,1-2H3,(H2,16,19). The molecule has 106 valence electrons. The molecule has 1 atom stereocenters. The molecule has 0 aliphatic carbocycles. The second-order valence-corrected chi connectivity index (χ2v) is 6.44. The lowest BCUT2D eigenvalue weighted by molar-refractivity contribution is 0.869. The summed E-state index contributed by atoms with van der Waals surface area (Å²) in [5.41, 5.74) is 7.22. The van der Waals surface area contributed by atoms with Crippen LogP contribution in [0.3, 0.4) is 0 Å². The van der Waals surface area contributed by atoms with Crippen molar-refractivity contribution in [3.05, 3.63) is 44.9 Å². The smallest absolute Gasteiger partial charge is 0.115 e. The lowest BCUT2D eigenvalue weighted by atomic mass is 10.2. The molecule has 1 aromatic carbocycles. The summed E-state index contributed by atoms with van der Waals surface area (Å²) in [5, 5.41) is 5.01. The fourth-order valence-electron chi connectivity index (χ4n) is 1.80. The minimum atomic E-state index is 0.132. The van der Waals surface area contributed by atoms with Gasteiger partial charge in [0.2, 0.25) is 0 Å². The number of nitrogens with two attached hydrogens (primary N) is 1.